The van der Waals surface area contributed by atoms with E-state index in [-0.39, 0.29) is 0 Å². The third-order valence-electron chi connectivity index (χ3n) is 5.90. The molecule has 0 fully saturated rings. The van der Waals surface area contributed by atoms with Gasteiger partial charge in [0.05, 0.1) is 5.52 Å². The lowest BCUT2D eigenvalue weighted by Gasteiger charge is -2.26. The minimum absolute atomic E-state index is 0.724. The number of fused-ring (bicyclic) bond motifs is 1. The molecule has 1 atom stereocenters. The van der Waals surface area contributed by atoms with Crippen LogP contribution in [0.4, 0.5) is 5.82 Å². The van der Waals surface area contributed by atoms with Crippen LogP contribution in [0.5, 0.6) is 0 Å². The molecule has 0 aliphatic carbocycles. The average molecular weight is 431 g/mol. The molecule has 1 aromatic heterocycles. The summed E-state index contributed by atoms with van der Waals surface area (Å²) in [6.07, 6.45) is -0.729. The van der Waals surface area contributed by atoms with Crippen LogP contribution in [0.1, 0.15) is 28.4 Å². The summed E-state index contributed by atoms with van der Waals surface area (Å²) >= 11 is 0. The lowest BCUT2D eigenvalue weighted by atomic mass is 9.97. The van der Waals surface area contributed by atoms with Crippen molar-refractivity contribution in [1.29, 1.82) is 0 Å². The minimum Gasteiger partial charge on any atom is -0.384 e. The van der Waals surface area contributed by atoms with Crippen molar-refractivity contribution < 1.29 is 5.11 Å². The third kappa shape index (κ3) is 4.79. The van der Waals surface area contributed by atoms with E-state index in [9.17, 15) is 5.11 Å². The molecule has 0 aliphatic rings. The Morgan fingerprint density at radius 2 is 1.15 bits per heavy atom. The molecule has 0 saturated heterocycles. The largest absolute Gasteiger partial charge is 0.384 e. The second kappa shape index (κ2) is 9.68. The van der Waals surface area contributed by atoms with Crippen molar-refractivity contribution >= 4 is 16.7 Å². The molecule has 1 heterocycles. The highest BCUT2D eigenvalue weighted by Crippen LogP contribution is 2.32. The predicted octanol–water partition coefficient (Wildman–Crippen LogP) is 6.52. The quantitative estimate of drug-likeness (QED) is 0.319. The first kappa shape index (κ1) is 20.9. The second-order valence-electron chi connectivity index (χ2n) is 8.23. The molecule has 5 aromatic rings. The van der Waals surface area contributed by atoms with Gasteiger partial charge in [0.15, 0.2) is 0 Å². The van der Waals surface area contributed by atoms with Crippen LogP contribution in [0.25, 0.3) is 10.9 Å². The van der Waals surface area contributed by atoms with E-state index in [1.165, 1.54) is 11.1 Å². The Morgan fingerprint density at radius 1 is 0.636 bits per heavy atom. The number of para-hydroxylation sites is 1. The van der Waals surface area contributed by atoms with Crippen molar-refractivity contribution in [3.8, 4) is 0 Å². The van der Waals surface area contributed by atoms with Gasteiger partial charge < -0.3 is 10.0 Å². The molecule has 0 aliphatic heterocycles. The first-order valence-corrected chi connectivity index (χ1v) is 11.2. The molecule has 3 heteroatoms. The van der Waals surface area contributed by atoms with Crippen molar-refractivity contribution in [1.82, 2.24) is 4.98 Å². The van der Waals surface area contributed by atoms with E-state index in [4.69, 9.17) is 4.98 Å². The highest BCUT2D eigenvalue weighted by Gasteiger charge is 2.18. The topological polar surface area (TPSA) is 36.4 Å². The van der Waals surface area contributed by atoms with Crippen LogP contribution < -0.4 is 4.90 Å². The van der Waals surface area contributed by atoms with E-state index in [0.29, 0.717) is 0 Å². The van der Waals surface area contributed by atoms with Crippen molar-refractivity contribution in [3.05, 3.63) is 144 Å². The lowest BCUT2D eigenvalue weighted by Crippen LogP contribution is -2.23. The summed E-state index contributed by atoms with van der Waals surface area (Å²) in [6.45, 7) is 1.45. The molecule has 0 radical (unpaired) electrons. The molecule has 162 valence electrons. The maximum Gasteiger partial charge on any atom is 0.130 e. The van der Waals surface area contributed by atoms with Gasteiger partial charge in [0.25, 0.3) is 0 Å². The standard InChI is InChI=1S/C30H26N2O/c33-30(25-16-8-3-9-17-25)27-20-29(31-28-19-11-10-18-26(27)28)32(21-23-12-4-1-5-13-23)22-24-14-6-2-7-15-24/h1-20,30,33H,21-22H2. The summed E-state index contributed by atoms with van der Waals surface area (Å²) in [7, 11) is 0. The Hall–Kier alpha value is -3.95. The van der Waals surface area contributed by atoms with Crippen molar-refractivity contribution in [2.45, 2.75) is 19.2 Å². The molecular formula is C30H26N2O. The van der Waals surface area contributed by atoms with Crippen LogP contribution in [0, 0.1) is 0 Å². The molecule has 0 amide bonds. The molecule has 1 unspecified atom stereocenters. The minimum atomic E-state index is -0.729. The Balaban J connectivity index is 1.61. The van der Waals surface area contributed by atoms with Gasteiger partial charge in [0.1, 0.15) is 11.9 Å². The number of rotatable bonds is 7. The lowest BCUT2D eigenvalue weighted by molar-refractivity contribution is 0.222. The molecule has 5 rings (SSSR count). The molecule has 0 spiro atoms. The fraction of sp³-hybridized carbons (Fsp3) is 0.100. The van der Waals surface area contributed by atoms with E-state index in [1.54, 1.807) is 0 Å². The Morgan fingerprint density at radius 3 is 1.76 bits per heavy atom. The van der Waals surface area contributed by atoms with Crippen LogP contribution in [-0.2, 0) is 13.1 Å². The van der Waals surface area contributed by atoms with Gasteiger partial charge in [-0.2, -0.15) is 0 Å². The van der Waals surface area contributed by atoms with Gasteiger partial charge in [0.2, 0.25) is 0 Å². The molecule has 0 bridgehead atoms. The van der Waals surface area contributed by atoms with Crippen LogP contribution in [0.3, 0.4) is 0 Å². The maximum absolute atomic E-state index is 11.3. The first-order chi connectivity index (χ1) is 16.3. The Bertz CT molecular complexity index is 1280. The van der Waals surface area contributed by atoms with Crippen LogP contribution in [0.15, 0.2) is 121 Å². The average Bonchev–Trinajstić information content (AvgIpc) is 2.89. The van der Waals surface area contributed by atoms with Gasteiger partial charge in [0, 0.05) is 18.5 Å². The Labute approximate surface area is 194 Å². The molecule has 4 aromatic carbocycles. The van der Waals surface area contributed by atoms with Gasteiger partial charge in [-0.05, 0) is 34.4 Å². The van der Waals surface area contributed by atoms with E-state index >= 15 is 0 Å². The van der Waals surface area contributed by atoms with E-state index in [0.717, 1.165) is 40.9 Å². The third-order valence-corrected chi connectivity index (χ3v) is 5.90. The number of pyridine rings is 1. The fourth-order valence-corrected chi connectivity index (χ4v) is 4.22. The second-order valence-corrected chi connectivity index (χ2v) is 8.23. The van der Waals surface area contributed by atoms with Gasteiger partial charge in [-0.25, -0.2) is 4.98 Å². The summed E-state index contributed by atoms with van der Waals surface area (Å²) in [6, 6.07) is 40.8. The predicted molar refractivity (Wildman–Crippen MR) is 135 cm³/mol. The van der Waals surface area contributed by atoms with Crippen LogP contribution in [-0.4, -0.2) is 10.1 Å². The fourth-order valence-electron chi connectivity index (χ4n) is 4.22. The summed E-state index contributed by atoms with van der Waals surface area (Å²) in [5, 5.41) is 12.3. The van der Waals surface area contributed by atoms with Gasteiger partial charge in [-0.1, -0.05) is 109 Å². The highest BCUT2D eigenvalue weighted by atomic mass is 16.3. The summed E-state index contributed by atoms with van der Waals surface area (Å²) in [5.74, 6) is 0.853. The van der Waals surface area contributed by atoms with Crippen molar-refractivity contribution in [2.75, 3.05) is 4.90 Å². The number of aliphatic hydroxyl groups is 1. The maximum atomic E-state index is 11.3. The summed E-state index contributed by atoms with van der Waals surface area (Å²) < 4.78 is 0. The first-order valence-electron chi connectivity index (χ1n) is 11.2. The number of aromatic nitrogens is 1. The SMILES string of the molecule is OC(c1ccccc1)c1cc(N(Cc2ccccc2)Cc2ccccc2)nc2ccccc12. The number of aliphatic hydroxyl groups excluding tert-OH is 1. The van der Waals surface area contributed by atoms with Gasteiger partial charge in [-0.3, -0.25) is 0 Å². The Kier molecular flexibility index (Phi) is 6.14. The zero-order valence-electron chi connectivity index (χ0n) is 18.4. The molecule has 33 heavy (non-hydrogen) atoms. The molecule has 3 nitrogen and oxygen atoms in total. The monoisotopic (exact) mass is 430 g/mol. The smallest absolute Gasteiger partial charge is 0.130 e. The summed E-state index contributed by atoms with van der Waals surface area (Å²) in [5.41, 5.74) is 5.05. The highest BCUT2D eigenvalue weighted by molar-refractivity contribution is 5.85. The normalized spacial score (nSPS) is 11.9. The van der Waals surface area contributed by atoms with E-state index in [2.05, 4.69) is 53.4 Å². The van der Waals surface area contributed by atoms with Crippen LogP contribution in [0.2, 0.25) is 0 Å². The van der Waals surface area contributed by atoms with E-state index in [1.807, 2.05) is 72.8 Å². The number of hydrogen-bond donors (Lipinski definition) is 1. The van der Waals surface area contributed by atoms with E-state index < -0.39 is 6.10 Å². The zero-order valence-corrected chi connectivity index (χ0v) is 18.4. The number of hydrogen-bond acceptors (Lipinski definition) is 3. The zero-order chi connectivity index (χ0) is 22.5. The summed E-state index contributed by atoms with van der Waals surface area (Å²) in [4.78, 5) is 7.30. The molecular weight excluding hydrogens is 404 g/mol. The number of benzene rings is 4. The number of anilines is 1. The van der Waals surface area contributed by atoms with Gasteiger partial charge >= 0.3 is 0 Å². The van der Waals surface area contributed by atoms with Crippen LogP contribution >= 0.6 is 0 Å². The van der Waals surface area contributed by atoms with Crippen molar-refractivity contribution in [2.24, 2.45) is 0 Å². The van der Waals surface area contributed by atoms with Crippen molar-refractivity contribution in [3.63, 3.8) is 0 Å². The van der Waals surface area contributed by atoms with Gasteiger partial charge in [-0.15, -0.1) is 0 Å². The molecule has 1 N–H and O–H groups in total. The number of nitrogens with zero attached hydrogens (tertiary/aromatic N) is 2. The molecule has 0 saturated carbocycles.